The number of rotatable bonds is 4. The molecule has 1 aromatic heterocycles. The number of nitrogens with zero attached hydrogens (tertiary/aromatic N) is 1. The van der Waals surface area contributed by atoms with Crippen molar-refractivity contribution in [1.29, 1.82) is 0 Å². The average molecular weight is 344 g/mol. The first kappa shape index (κ1) is 14.5. The minimum absolute atomic E-state index is 0.327. The summed E-state index contributed by atoms with van der Waals surface area (Å²) in [7, 11) is 1.94. The van der Waals surface area contributed by atoms with Crippen LogP contribution in [0.5, 0.6) is 0 Å². The van der Waals surface area contributed by atoms with Crippen LogP contribution in [0.15, 0.2) is 34.1 Å². The van der Waals surface area contributed by atoms with Crippen LogP contribution in [0.25, 0.3) is 0 Å². The summed E-state index contributed by atoms with van der Waals surface area (Å²) in [5, 5.41) is 11.8. The van der Waals surface area contributed by atoms with Crippen molar-refractivity contribution in [2.45, 2.75) is 19.6 Å². The van der Waals surface area contributed by atoms with E-state index >= 15 is 0 Å². The molecule has 0 fully saturated rings. The second-order valence-corrected chi connectivity index (χ2v) is 6.38. The SMILES string of the molecule is C[C@@H](O)c1cc(F)ccc1N(C)Cc1cc(Br)cs1. The van der Waals surface area contributed by atoms with Crippen LogP contribution in [0.3, 0.4) is 0 Å². The third-order valence-corrected chi connectivity index (χ3v) is 4.55. The molecule has 0 bridgehead atoms. The maximum Gasteiger partial charge on any atom is 0.123 e. The molecule has 1 heterocycles. The normalized spacial score (nSPS) is 12.5. The number of halogens is 2. The third-order valence-electron chi connectivity index (χ3n) is 2.87. The highest BCUT2D eigenvalue weighted by Gasteiger charge is 2.13. The first-order valence-corrected chi connectivity index (χ1v) is 7.56. The van der Waals surface area contributed by atoms with Crippen molar-refractivity contribution in [3.63, 3.8) is 0 Å². The fourth-order valence-electron chi connectivity index (χ4n) is 1.96. The van der Waals surface area contributed by atoms with E-state index in [2.05, 4.69) is 22.0 Å². The van der Waals surface area contributed by atoms with Crippen LogP contribution in [-0.4, -0.2) is 12.2 Å². The Morgan fingerprint density at radius 1 is 1.42 bits per heavy atom. The van der Waals surface area contributed by atoms with Gasteiger partial charge < -0.3 is 10.0 Å². The molecule has 19 heavy (non-hydrogen) atoms. The first-order chi connectivity index (χ1) is 8.97. The van der Waals surface area contributed by atoms with Crippen molar-refractivity contribution in [2.75, 3.05) is 11.9 Å². The van der Waals surface area contributed by atoms with Gasteiger partial charge in [-0.05, 0) is 47.1 Å². The summed E-state index contributed by atoms with van der Waals surface area (Å²) >= 11 is 5.09. The van der Waals surface area contributed by atoms with E-state index in [0.717, 1.165) is 16.7 Å². The topological polar surface area (TPSA) is 23.5 Å². The number of hydrogen-bond donors (Lipinski definition) is 1. The van der Waals surface area contributed by atoms with E-state index in [1.165, 1.54) is 17.0 Å². The standard InChI is InChI=1S/C14H15BrFNOS/c1-9(18)13-6-11(16)3-4-14(13)17(2)7-12-5-10(15)8-19-12/h3-6,8-9,18H,7H2,1-2H3/t9-/m1/s1. The molecule has 0 aliphatic rings. The van der Waals surface area contributed by atoms with Gasteiger partial charge in [-0.1, -0.05) is 0 Å². The van der Waals surface area contributed by atoms with Crippen molar-refractivity contribution in [2.24, 2.45) is 0 Å². The van der Waals surface area contributed by atoms with E-state index in [0.29, 0.717) is 5.56 Å². The Hall–Kier alpha value is -0.910. The zero-order valence-corrected chi connectivity index (χ0v) is 13.1. The molecular weight excluding hydrogens is 329 g/mol. The number of benzene rings is 1. The molecule has 5 heteroatoms. The molecule has 2 rings (SSSR count). The molecule has 0 spiro atoms. The van der Waals surface area contributed by atoms with Gasteiger partial charge in [-0.25, -0.2) is 4.39 Å². The lowest BCUT2D eigenvalue weighted by molar-refractivity contribution is 0.199. The lowest BCUT2D eigenvalue weighted by atomic mass is 10.1. The summed E-state index contributed by atoms with van der Waals surface area (Å²) in [6.45, 7) is 2.37. The number of thiophene rings is 1. The van der Waals surface area contributed by atoms with Crippen LogP contribution in [-0.2, 0) is 6.54 Å². The smallest absolute Gasteiger partial charge is 0.123 e. The van der Waals surface area contributed by atoms with Crippen molar-refractivity contribution in [3.8, 4) is 0 Å². The minimum Gasteiger partial charge on any atom is -0.389 e. The van der Waals surface area contributed by atoms with E-state index in [-0.39, 0.29) is 5.82 Å². The van der Waals surface area contributed by atoms with Gasteiger partial charge in [-0.15, -0.1) is 11.3 Å². The van der Waals surface area contributed by atoms with Crippen LogP contribution < -0.4 is 4.90 Å². The molecule has 0 aliphatic carbocycles. The van der Waals surface area contributed by atoms with E-state index in [9.17, 15) is 9.50 Å². The first-order valence-electron chi connectivity index (χ1n) is 5.89. The number of aliphatic hydroxyl groups excluding tert-OH is 1. The second kappa shape index (κ2) is 6.03. The molecule has 0 amide bonds. The number of anilines is 1. The second-order valence-electron chi connectivity index (χ2n) is 4.47. The predicted molar refractivity (Wildman–Crippen MR) is 81.2 cm³/mol. The maximum atomic E-state index is 13.3. The van der Waals surface area contributed by atoms with Crippen molar-refractivity contribution < 1.29 is 9.50 Å². The highest BCUT2D eigenvalue weighted by atomic mass is 79.9. The monoisotopic (exact) mass is 343 g/mol. The fourth-order valence-corrected chi connectivity index (χ4v) is 3.47. The van der Waals surface area contributed by atoms with Crippen LogP contribution in [0.4, 0.5) is 10.1 Å². The van der Waals surface area contributed by atoms with Gasteiger partial charge in [0.05, 0.1) is 12.6 Å². The summed E-state index contributed by atoms with van der Waals surface area (Å²) in [6.07, 6.45) is -0.691. The van der Waals surface area contributed by atoms with E-state index in [4.69, 9.17) is 0 Å². The molecule has 0 unspecified atom stereocenters. The lowest BCUT2D eigenvalue weighted by Gasteiger charge is -2.23. The Labute approximate surface area is 124 Å². The summed E-state index contributed by atoms with van der Waals surface area (Å²) in [5.41, 5.74) is 1.46. The Morgan fingerprint density at radius 2 is 2.16 bits per heavy atom. The fraction of sp³-hybridized carbons (Fsp3) is 0.286. The van der Waals surface area contributed by atoms with Gasteiger partial charge in [0, 0.05) is 33.0 Å². The molecule has 2 nitrogen and oxygen atoms in total. The third kappa shape index (κ3) is 3.55. The average Bonchev–Trinajstić information content (AvgIpc) is 2.74. The van der Waals surface area contributed by atoms with Gasteiger partial charge in [-0.3, -0.25) is 0 Å². The van der Waals surface area contributed by atoms with Gasteiger partial charge >= 0.3 is 0 Å². The largest absolute Gasteiger partial charge is 0.389 e. The lowest BCUT2D eigenvalue weighted by Crippen LogP contribution is -2.18. The molecule has 1 N–H and O–H groups in total. The highest BCUT2D eigenvalue weighted by molar-refractivity contribution is 9.10. The molecule has 0 saturated heterocycles. The van der Waals surface area contributed by atoms with E-state index in [1.54, 1.807) is 24.3 Å². The molecule has 1 atom stereocenters. The molecular formula is C14H15BrFNOS. The Morgan fingerprint density at radius 3 is 2.74 bits per heavy atom. The molecule has 0 radical (unpaired) electrons. The van der Waals surface area contributed by atoms with Crippen molar-refractivity contribution in [3.05, 3.63) is 50.4 Å². The van der Waals surface area contributed by atoms with Crippen molar-refractivity contribution >= 4 is 33.0 Å². The molecule has 0 saturated carbocycles. The van der Waals surface area contributed by atoms with Crippen LogP contribution >= 0.6 is 27.3 Å². The molecule has 102 valence electrons. The maximum absolute atomic E-state index is 13.3. The zero-order chi connectivity index (χ0) is 14.0. The molecule has 2 aromatic rings. The predicted octanol–water partition coefficient (Wildman–Crippen LogP) is 4.34. The summed E-state index contributed by atoms with van der Waals surface area (Å²) in [6, 6.07) is 6.58. The quantitative estimate of drug-likeness (QED) is 0.892. The Kier molecular flexibility index (Phi) is 4.60. The van der Waals surface area contributed by atoms with E-state index < -0.39 is 6.10 Å². The summed E-state index contributed by atoms with van der Waals surface area (Å²) < 4.78 is 14.3. The van der Waals surface area contributed by atoms with Gasteiger partial charge in [0.25, 0.3) is 0 Å². The molecule has 1 aromatic carbocycles. The summed E-state index contributed by atoms with van der Waals surface area (Å²) in [5.74, 6) is -0.327. The summed E-state index contributed by atoms with van der Waals surface area (Å²) in [4.78, 5) is 3.22. The van der Waals surface area contributed by atoms with Gasteiger partial charge in [0.2, 0.25) is 0 Å². The van der Waals surface area contributed by atoms with Gasteiger partial charge in [-0.2, -0.15) is 0 Å². The van der Waals surface area contributed by atoms with E-state index in [1.807, 2.05) is 17.3 Å². The molecule has 0 aliphatic heterocycles. The Balaban J connectivity index is 2.25. The zero-order valence-electron chi connectivity index (χ0n) is 10.7. The van der Waals surface area contributed by atoms with Crippen LogP contribution in [0.1, 0.15) is 23.5 Å². The number of hydrogen-bond acceptors (Lipinski definition) is 3. The minimum atomic E-state index is -0.691. The Bertz CT molecular complexity index is 570. The highest BCUT2D eigenvalue weighted by Crippen LogP contribution is 2.29. The van der Waals surface area contributed by atoms with Gasteiger partial charge in [0.15, 0.2) is 0 Å². The van der Waals surface area contributed by atoms with Crippen LogP contribution in [0.2, 0.25) is 0 Å². The van der Waals surface area contributed by atoms with Crippen molar-refractivity contribution in [1.82, 2.24) is 0 Å². The van der Waals surface area contributed by atoms with Crippen LogP contribution in [0, 0.1) is 5.82 Å². The number of aliphatic hydroxyl groups is 1. The van der Waals surface area contributed by atoms with Gasteiger partial charge in [0.1, 0.15) is 5.82 Å².